The first-order chi connectivity index (χ1) is 13.5. The zero-order valence-electron chi connectivity index (χ0n) is 16.0. The highest BCUT2D eigenvalue weighted by Crippen LogP contribution is 2.20. The van der Waals surface area contributed by atoms with E-state index in [2.05, 4.69) is 15.1 Å². The second-order valence-corrected chi connectivity index (χ2v) is 7.07. The number of carboxylic acids is 2. The summed E-state index contributed by atoms with van der Waals surface area (Å²) < 4.78 is 5.22. The number of carboxylic acid groups (broad SMARTS) is 2. The van der Waals surface area contributed by atoms with Crippen LogP contribution in [0.2, 0.25) is 0 Å². The third-order valence-corrected chi connectivity index (χ3v) is 5.05. The van der Waals surface area contributed by atoms with Crippen LogP contribution in [0, 0.1) is 0 Å². The third-order valence-electron chi connectivity index (χ3n) is 5.05. The molecule has 0 unspecified atom stereocenters. The summed E-state index contributed by atoms with van der Waals surface area (Å²) in [6.07, 6.45) is 8.14. The minimum absolute atomic E-state index is 0.0906. The minimum atomic E-state index is -1.82. The number of carbonyl (C=O) groups is 3. The summed E-state index contributed by atoms with van der Waals surface area (Å²) >= 11 is 0. The van der Waals surface area contributed by atoms with Crippen molar-refractivity contribution < 1.29 is 29.0 Å². The molecule has 0 aliphatic carbocycles. The Balaban J connectivity index is 0.000000409. The zero-order chi connectivity index (χ0) is 20.4. The molecule has 1 aromatic heterocycles. The van der Waals surface area contributed by atoms with Crippen LogP contribution in [0.4, 0.5) is 0 Å². The minimum Gasteiger partial charge on any atom is -0.473 e. The summed E-state index contributed by atoms with van der Waals surface area (Å²) in [5, 5.41) is 17.7. The van der Waals surface area contributed by atoms with E-state index in [4.69, 9.17) is 24.2 Å². The standard InChI is InChI=1S/C17H27N3O2.C2H2O4/c21-17(18-13-16-5-4-12-22-16)14-19-10-6-15(7-11-19)20-8-2-1-3-9-20;3-1(4)2(5)6/h4-5,12,15H,1-3,6-11,13-14H2,(H,18,21);(H,3,4)(H,5,6). The fraction of sp³-hybridized carbons (Fsp3) is 0.632. The van der Waals surface area contributed by atoms with Crippen molar-refractivity contribution >= 4 is 17.8 Å². The van der Waals surface area contributed by atoms with E-state index in [0.29, 0.717) is 13.1 Å². The number of aliphatic carboxylic acids is 2. The van der Waals surface area contributed by atoms with Crippen molar-refractivity contribution in [3.63, 3.8) is 0 Å². The van der Waals surface area contributed by atoms with Gasteiger partial charge in [-0.1, -0.05) is 6.42 Å². The van der Waals surface area contributed by atoms with E-state index >= 15 is 0 Å². The molecule has 3 N–H and O–H groups in total. The topological polar surface area (TPSA) is 123 Å². The summed E-state index contributed by atoms with van der Waals surface area (Å²) in [5.41, 5.74) is 0. The maximum atomic E-state index is 12.0. The van der Waals surface area contributed by atoms with E-state index < -0.39 is 11.9 Å². The molecule has 3 rings (SSSR count). The van der Waals surface area contributed by atoms with E-state index in [1.54, 1.807) is 6.26 Å². The highest BCUT2D eigenvalue weighted by atomic mass is 16.4. The second-order valence-electron chi connectivity index (χ2n) is 7.07. The maximum absolute atomic E-state index is 12.0. The SMILES string of the molecule is O=C(CN1CCC(N2CCCCC2)CC1)NCc1ccco1.O=C(O)C(=O)O. The van der Waals surface area contributed by atoms with Crippen molar-refractivity contribution in [2.24, 2.45) is 0 Å². The molecule has 9 heteroatoms. The number of hydrogen-bond acceptors (Lipinski definition) is 6. The van der Waals surface area contributed by atoms with E-state index in [1.165, 1.54) is 45.2 Å². The molecule has 0 aromatic carbocycles. The van der Waals surface area contributed by atoms with Crippen LogP contribution < -0.4 is 5.32 Å². The summed E-state index contributed by atoms with van der Waals surface area (Å²) in [6, 6.07) is 4.46. The number of furan rings is 1. The van der Waals surface area contributed by atoms with Crippen LogP contribution in [0.3, 0.4) is 0 Å². The van der Waals surface area contributed by atoms with Crippen molar-refractivity contribution in [2.45, 2.75) is 44.7 Å². The van der Waals surface area contributed by atoms with Gasteiger partial charge in [0.15, 0.2) is 0 Å². The first kappa shape index (κ1) is 21.9. The fourth-order valence-corrected chi connectivity index (χ4v) is 3.58. The predicted octanol–water partition coefficient (Wildman–Crippen LogP) is 1.00. The lowest BCUT2D eigenvalue weighted by atomic mass is 10.00. The number of rotatable bonds is 5. The molecule has 0 spiro atoms. The van der Waals surface area contributed by atoms with Crippen molar-refractivity contribution in [3.05, 3.63) is 24.2 Å². The zero-order valence-corrected chi connectivity index (χ0v) is 16.0. The number of likely N-dealkylation sites (tertiary alicyclic amines) is 2. The molecular weight excluding hydrogens is 366 g/mol. The molecule has 0 saturated carbocycles. The summed E-state index contributed by atoms with van der Waals surface area (Å²) in [5.74, 6) is -2.75. The van der Waals surface area contributed by atoms with Gasteiger partial charge in [0.2, 0.25) is 5.91 Å². The Bertz CT molecular complexity index is 608. The van der Waals surface area contributed by atoms with Crippen LogP contribution in [0.1, 0.15) is 37.9 Å². The average molecular weight is 395 g/mol. The largest absolute Gasteiger partial charge is 0.473 e. The van der Waals surface area contributed by atoms with Gasteiger partial charge in [0.05, 0.1) is 19.4 Å². The first-order valence-corrected chi connectivity index (χ1v) is 9.67. The number of nitrogens with one attached hydrogen (secondary N) is 1. The van der Waals surface area contributed by atoms with Crippen LogP contribution in [0.5, 0.6) is 0 Å². The van der Waals surface area contributed by atoms with Crippen molar-refractivity contribution in [1.82, 2.24) is 15.1 Å². The van der Waals surface area contributed by atoms with Gasteiger partial charge in [0, 0.05) is 19.1 Å². The lowest BCUT2D eigenvalue weighted by Crippen LogP contribution is -2.48. The Morgan fingerprint density at radius 1 is 1.04 bits per heavy atom. The van der Waals surface area contributed by atoms with Crippen LogP contribution in [0.25, 0.3) is 0 Å². The van der Waals surface area contributed by atoms with Gasteiger partial charge >= 0.3 is 11.9 Å². The Morgan fingerprint density at radius 2 is 1.68 bits per heavy atom. The van der Waals surface area contributed by atoms with Gasteiger partial charge in [0.1, 0.15) is 5.76 Å². The van der Waals surface area contributed by atoms with E-state index in [-0.39, 0.29) is 5.91 Å². The molecular formula is C19H29N3O6. The molecule has 2 aliphatic heterocycles. The summed E-state index contributed by atoms with van der Waals surface area (Å²) in [7, 11) is 0. The molecule has 0 bridgehead atoms. The van der Waals surface area contributed by atoms with Gasteiger partial charge in [0.25, 0.3) is 0 Å². The summed E-state index contributed by atoms with van der Waals surface area (Å²) in [4.78, 5) is 35.1. The van der Waals surface area contributed by atoms with Gasteiger partial charge in [-0.2, -0.15) is 0 Å². The normalized spacial score (nSPS) is 18.7. The maximum Gasteiger partial charge on any atom is 0.414 e. The van der Waals surface area contributed by atoms with Crippen LogP contribution in [-0.4, -0.2) is 76.6 Å². The molecule has 2 saturated heterocycles. The molecule has 28 heavy (non-hydrogen) atoms. The second kappa shape index (κ2) is 11.5. The lowest BCUT2D eigenvalue weighted by Gasteiger charge is -2.40. The number of piperidine rings is 2. The molecule has 1 amide bonds. The molecule has 0 atom stereocenters. The highest BCUT2D eigenvalue weighted by Gasteiger charge is 2.26. The Morgan fingerprint density at radius 3 is 2.21 bits per heavy atom. The number of carbonyl (C=O) groups excluding carboxylic acids is 1. The van der Waals surface area contributed by atoms with E-state index in [1.807, 2.05) is 12.1 Å². The smallest absolute Gasteiger partial charge is 0.414 e. The van der Waals surface area contributed by atoms with Gasteiger partial charge < -0.3 is 24.8 Å². The van der Waals surface area contributed by atoms with Crippen LogP contribution in [0.15, 0.2) is 22.8 Å². The van der Waals surface area contributed by atoms with Crippen molar-refractivity contribution in [2.75, 3.05) is 32.7 Å². The highest BCUT2D eigenvalue weighted by molar-refractivity contribution is 6.27. The molecule has 1 aromatic rings. The molecule has 0 radical (unpaired) electrons. The average Bonchev–Trinajstić information content (AvgIpc) is 3.22. The number of nitrogens with zero attached hydrogens (tertiary/aromatic N) is 2. The van der Waals surface area contributed by atoms with Crippen molar-refractivity contribution in [3.8, 4) is 0 Å². The van der Waals surface area contributed by atoms with Gasteiger partial charge in [-0.3, -0.25) is 9.69 Å². The number of amides is 1. The Kier molecular flexibility index (Phi) is 8.96. The monoisotopic (exact) mass is 395 g/mol. The number of hydrogen-bond donors (Lipinski definition) is 3. The van der Waals surface area contributed by atoms with Crippen LogP contribution in [-0.2, 0) is 20.9 Å². The van der Waals surface area contributed by atoms with Gasteiger partial charge in [-0.05, 0) is 50.9 Å². The molecule has 156 valence electrons. The Labute approximate surface area is 164 Å². The van der Waals surface area contributed by atoms with E-state index in [0.717, 1.165) is 24.9 Å². The first-order valence-electron chi connectivity index (χ1n) is 9.67. The fourth-order valence-electron chi connectivity index (χ4n) is 3.58. The quantitative estimate of drug-likeness (QED) is 0.631. The predicted molar refractivity (Wildman–Crippen MR) is 101 cm³/mol. The molecule has 2 fully saturated rings. The molecule has 3 heterocycles. The lowest BCUT2D eigenvalue weighted by molar-refractivity contribution is -0.159. The third kappa shape index (κ3) is 7.69. The molecule has 2 aliphatic rings. The summed E-state index contributed by atoms with van der Waals surface area (Å²) in [6.45, 7) is 5.61. The van der Waals surface area contributed by atoms with Gasteiger partial charge in [-0.25, -0.2) is 9.59 Å². The Hall–Kier alpha value is -2.39. The van der Waals surface area contributed by atoms with E-state index in [9.17, 15) is 4.79 Å². The van der Waals surface area contributed by atoms with Crippen molar-refractivity contribution in [1.29, 1.82) is 0 Å². The van der Waals surface area contributed by atoms with Crippen LogP contribution >= 0.6 is 0 Å². The molecule has 9 nitrogen and oxygen atoms in total. The van der Waals surface area contributed by atoms with Gasteiger partial charge in [-0.15, -0.1) is 0 Å².